The Kier molecular flexibility index (Phi) is 3.48. The van der Waals surface area contributed by atoms with E-state index in [2.05, 4.69) is 30.0 Å². The van der Waals surface area contributed by atoms with Gasteiger partial charge in [-0.15, -0.1) is 0 Å². The maximum atomic E-state index is 11.0. The zero-order valence-electron chi connectivity index (χ0n) is 10.4. The molecule has 2 rings (SSSR count). The van der Waals surface area contributed by atoms with Gasteiger partial charge in [0.15, 0.2) is 0 Å². The lowest BCUT2D eigenvalue weighted by Crippen LogP contribution is -2.37. The molecule has 2 atom stereocenters. The second kappa shape index (κ2) is 4.88. The van der Waals surface area contributed by atoms with Gasteiger partial charge in [0.2, 0.25) is 0 Å². The number of likely N-dealkylation sites (tertiary alicyclic amines) is 1. The molecule has 0 amide bonds. The fraction of sp³-hybridized carbons (Fsp3) is 0.500. The van der Waals surface area contributed by atoms with Gasteiger partial charge in [-0.1, -0.05) is 24.3 Å². The van der Waals surface area contributed by atoms with E-state index >= 15 is 0 Å². The average Bonchev–Trinajstić information content (AvgIpc) is 2.77. The van der Waals surface area contributed by atoms with Gasteiger partial charge >= 0.3 is 5.97 Å². The van der Waals surface area contributed by atoms with Crippen LogP contribution in [0, 0.1) is 6.92 Å². The molecule has 1 heterocycles. The van der Waals surface area contributed by atoms with E-state index in [4.69, 9.17) is 5.11 Å². The summed E-state index contributed by atoms with van der Waals surface area (Å²) in [7, 11) is 0. The molecule has 0 spiro atoms. The summed E-state index contributed by atoms with van der Waals surface area (Å²) in [6.45, 7) is 5.63. The van der Waals surface area contributed by atoms with Crippen LogP contribution < -0.4 is 0 Å². The van der Waals surface area contributed by atoms with E-state index in [-0.39, 0.29) is 6.04 Å². The van der Waals surface area contributed by atoms with Gasteiger partial charge in [0.1, 0.15) is 6.04 Å². The van der Waals surface area contributed by atoms with E-state index < -0.39 is 5.97 Å². The third-order valence-corrected chi connectivity index (χ3v) is 3.75. The van der Waals surface area contributed by atoms with Gasteiger partial charge in [-0.3, -0.25) is 9.69 Å². The first kappa shape index (κ1) is 12.1. The number of aryl methyl sites for hydroxylation is 1. The second-order valence-electron chi connectivity index (χ2n) is 4.85. The first-order chi connectivity index (χ1) is 8.09. The van der Waals surface area contributed by atoms with Gasteiger partial charge in [0, 0.05) is 6.54 Å². The van der Waals surface area contributed by atoms with Gasteiger partial charge in [-0.2, -0.15) is 0 Å². The van der Waals surface area contributed by atoms with Crippen LogP contribution in [0.2, 0.25) is 0 Å². The van der Waals surface area contributed by atoms with Crippen LogP contribution in [-0.4, -0.2) is 35.1 Å². The molecule has 92 valence electrons. The van der Waals surface area contributed by atoms with Crippen molar-refractivity contribution in [2.45, 2.75) is 32.2 Å². The maximum Gasteiger partial charge on any atom is 0.320 e. The van der Waals surface area contributed by atoms with E-state index in [1.54, 1.807) is 6.92 Å². The predicted molar refractivity (Wildman–Crippen MR) is 67.2 cm³/mol. The molecular weight excluding hydrogens is 214 g/mol. The largest absolute Gasteiger partial charge is 0.480 e. The smallest absolute Gasteiger partial charge is 0.320 e. The Morgan fingerprint density at radius 2 is 2.18 bits per heavy atom. The summed E-state index contributed by atoms with van der Waals surface area (Å²) in [4.78, 5) is 13.0. The normalized spacial score (nSPS) is 22.6. The van der Waals surface area contributed by atoms with Crippen LogP contribution in [0.3, 0.4) is 0 Å². The Bertz CT molecular complexity index is 416. The molecule has 3 heteroatoms. The predicted octanol–water partition coefficient (Wildman–Crippen LogP) is 2.26. The van der Waals surface area contributed by atoms with Crippen LogP contribution in [0.5, 0.6) is 0 Å². The van der Waals surface area contributed by atoms with Crippen molar-refractivity contribution in [3.63, 3.8) is 0 Å². The summed E-state index contributed by atoms with van der Waals surface area (Å²) in [5.74, 6) is -0.242. The molecule has 2 unspecified atom stereocenters. The third-order valence-electron chi connectivity index (χ3n) is 3.75. The average molecular weight is 233 g/mol. The van der Waals surface area contributed by atoms with Crippen LogP contribution in [0.15, 0.2) is 24.3 Å². The number of nitrogens with zero attached hydrogens (tertiary/aromatic N) is 1. The monoisotopic (exact) mass is 233 g/mol. The summed E-state index contributed by atoms with van der Waals surface area (Å²) in [5.41, 5.74) is 2.68. The highest BCUT2D eigenvalue weighted by atomic mass is 16.4. The van der Waals surface area contributed by atoms with Gasteiger partial charge in [0.25, 0.3) is 0 Å². The van der Waals surface area contributed by atoms with E-state index in [0.29, 0.717) is 5.92 Å². The molecule has 1 aromatic carbocycles. The topological polar surface area (TPSA) is 40.5 Å². The number of aliphatic carboxylic acids is 1. The van der Waals surface area contributed by atoms with Crippen LogP contribution in [-0.2, 0) is 4.79 Å². The molecule has 1 aliphatic rings. The lowest BCUT2D eigenvalue weighted by atomic mass is 9.94. The maximum absolute atomic E-state index is 11.0. The zero-order valence-corrected chi connectivity index (χ0v) is 10.4. The van der Waals surface area contributed by atoms with Crippen molar-refractivity contribution < 1.29 is 9.90 Å². The molecule has 1 N–H and O–H groups in total. The van der Waals surface area contributed by atoms with Crippen LogP contribution in [0.4, 0.5) is 0 Å². The molecule has 0 aliphatic carbocycles. The Morgan fingerprint density at radius 3 is 2.82 bits per heavy atom. The Labute approximate surface area is 102 Å². The molecule has 3 nitrogen and oxygen atoms in total. The second-order valence-corrected chi connectivity index (χ2v) is 4.85. The molecule has 0 radical (unpaired) electrons. The Morgan fingerprint density at radius 1 is 1.47 bits per heavy atom. The van der Waals surface area contributed by atoms with Crippen molar-refractivity contribution in [2.75, 3.05) is 13.1 Å². The van der Waals surface area contributed by atoms with Crippen molar-refractivity contribution in [3.05, 3.63) is 35.4 Å². The highest BCUT2D eigenvalue weighted by Crippen LogP contribution is 2.30. The molecule has 17 heavy (non-hydrogen) atoms. The summed E-state index contributed by atoms with van der Waals surface area (Å²) in [5, 5.41) is 9.01. The van der Waals surface area contributed by atoms with Gasteiger partial charge in [-0.05, 0) is 43.9 Å². The fourth-order valence-corrected chi connectivity index (χ4v) is 2.59. The minimum atomic E-state index is -0.726. The van der Waals surface area contributed by atoms with Gasteiger partial charge in [0.05, 0.1) is 0 Å². The van der Waals surface area contributed by atoms with Crippen molar-refractivity contribution in [2.24, 2.45) is 0 Å². The van der Waals surface area contributed by atoms with Gasteiger partial charge in [-0.25, -0.2) is 0 Å². The van der Waals surface area contributed by atoms with E-state index in [1.807, 2.05) is 6.07 Å². The SMILES string of the molecule is Cc1ccccc1C1CCN(C(C)C(=O)O)C1. The third kappa shape index (κ3) is 2.50. The van der Waals surface area contributed by atoms with Crippen molar-refractivity contribution in [1.29, 1.82) is 0 Å². The van der Waals surface area contributed by atoms with E-state index in [0.717, 1.165) is 19.5 Å². The number of carboxylic acid groups (broad SMARTS) is 1. The minimum Gasteiger partial charge on any atom is -0.480 e. The van der Waals surface area contributed by atoms with Crippen LogP contribution >= 0.6 is 0 Å². The first-order valence-electron chi connectivity index (χ1n) is 6.12. The number of hydrogen-bond donors (Lipinski definition) is 1. The number of rotatable bonds is 3. The van der Waals surface area contributed by atoms with Crippen LogP contribution in [0.25, 0.3) is 0 Å². The lowest BCUT2D eigenvalue weighted by Gasteiger charge is -2.20. The highest BCUT2D eigenvalue weighted by molar-refractivity contribution is 5.72. The fourth-order valence-electron chi connectivity index (χ4n) is 2.59. The molecular formula is C14H19NO2. The number of carbonyl (C=O) groups is 1. The minimum absolute atomic E-state index is 0.371. The van der Waals surface area contributed by atoms with E-state index in [9.17, 15) is 4.79 Å². The summed E-state index contributed by atoms with van der Waals surface area (Å²) >= 11 is 0. The molecule has 0 bridgehead atoms. The molecule has 1 saturated heterocycles. The summed E-state index contributed by atoms with van der Waals surface area (Å²) in [6, 6.07) is 8.02. The number of hydrogen-bond acceptors (Lipinski definition) is 2. The van der Waals surface area contributed by atoms with Crippen LogP contribution in [0.1, 0.15) is 30.4 Å². The van der Waals surface area contributed by atoms with Crippen molar-refractivity contribution >= 4 is 5.97 Å². The van der Waals surface area contributed by atoms with E-state index in [1.165, 1.54) is 11.1 Å². The molecule has 1 aliphatic heterocycles. The molecule has 1 aromatic rings. The van der Waals surface area contributed by atoms with Gasteiger partial charge < -0.3 is 5.11 Å². The molecule has 0 saturated carbocycles. The molecule has 0 aromatic heterocycles. The molecule has 1 fully saturated rings. The Balaban J connectivity index is 2.08. The number of benzene rings is 1. The lowest BCUT2D eigenvalue weighted by molar-refractivity contribution is -0.142. The van der Waals surface area contributed by atoms with Crippen molar-refractivity contribution in [3.8, 4) is 0 Å². The standard InChI is InChI=1S/C14H19NO2/c1-10-5-3-4-6-13(10)12-7-8-15(9-12)11(2)14(16)17/h3-6,11-12H,7-9H2,1-2H3,(H,16,17). The highest BCUT2D eigenvalue weighted by Gasteiger charge is 2.30. The first-order valence-corrected chi connectivity index (χ1v) is 6.12. The summed E-state index contributed by atoms with van der Waals surface area (Å²) in [6.07, 6.45) is 1.06. The number of carboxylic acids is 1. The Hall–Kier alpha value is -1.35. The summed E-state index contributed by atoms with van der Waals surface area (Å²) < 4.78 is 0. The van der Waals surface area contributed by atoms with Crippen molar-refractivity contribution in [1.82, 2.24) is 4.90 Å². The zero-order chi connectivity index (χ0) is 12.4. The quantitative estimate of drug-likeness (QED) is 0.870.